The molecule has 0 atom stereocenters. The van der Waals surface area contributed by atoms with E-state index in [1.165, 1.54) is 0 Å². The summed E-state index contributed by atoms with van der Waals surface area (Å²) in [6.45, 7) is 1.63. The highest BCUT2D eigenvalue weighted by Gasteiger charge is 1.82. The highest BCUT2D eigenvalue weighted by atomic mass is 35.5. The maximum Gasteiger partial charge on any atom is 0.114 e. The maximum absolute atomic E-state index is 5.24. The Balaban J connectivity index is 3.68. The van der Waals surface area contributed by atoms with Crippen LogP contribution in [0, 0.1) is 0 Å². The van der Waals surface area contributed by atoms with Crippen LogP contribution in [0.25, 0.3) is 0 Å². The zero-order valence-electron chi connectivity index (χ0n) is 3.33. The van der Waals surface area contributed by atoms with Gasteiger partial charge in [-0.25, -0.2) is 0 Å². The number of rotatable bonds is 0. The molecule has 0 aliphatic carbocycles. The lowest BCUT2D eigenvalue weighted by Gasteiger charge is -1.82. The predicted molar refractivity (Wildman–Crippen MR) is 28.6 cm³/mol. The zero-order valence-corrected chi connectivity index (χ0v) is 4.85. The van der Waals surface area contributed by atoms with E-state index in [-0.39, 0.29) is 5.16 Å². The second kappa shape index (κ2) is 2.32. The molecular formula is C3H5Cl2N. The van der Waals surface area contributed by atoms with E-state index in [0.717, 1.165) is 0 Å². The van der Waals surface area contributed by atoms with Gasteiger partial charge in [-0.3, -0.25) is 0 Å². The zero-order chi connectivity index (χ0) is 5.15. The SMILES string of the molecule is CC(Cl)=C(N)Cl. The molecule has 0 aliphatic rings. The minimum atomic E-state index is 0.164. The van der Waals surface area contributed by atoms with Gasteiger partial charge >= 0.3 is 0 Å². The molecule has 0 fully saturated rings. The molecule has 0 saturated carbocycles. The fourth-order valence-corrected chi connectivity index (χ4v) is 0. The van der Waals surface area contributed by atoms with E-state index in [2.05, 4.69) is 0 Å². The Morgan fingerprint density at radius 1 is 1.50 bits per heavy atom. The lowest BCUT2D eigenvalue weighted by atomic mass is 10.7. The molecule has 6 heavy (non-hydrogen) atoms. The molecule has 0 rings (SSSR count). The average molecular weight is 126 g/mol. The third-order valence-corrected chi connectivity index (χ3v) is 0.913. The van der Waals surface area contributed by atoms with Gasteiger partial charge in [0, 0.05) is 5.03 Å². The summed E-state index contributed by atoms with van der Waals surface area (Å²) in [5.41, 5.74) is 4.95. The Hall–Kier alpha value is 0.120. The first-order chi connectivity index (χ1) is 2.64. The van der Waals surface area contributed by atoms with Crippen molar-refractivity contribution in [1.82, 2.24) is 0 Å². The molecule has 0 aliphatic heterocycles. The van der Waals surface area contributed by atoms with Crippen molar-refractivity contribution in [3.05, 3.63) is 10.2 Å². The fraction of sp³-hybridized carbons (Fsp3) is 0.333. The summed E-state index contributed by atoms with van der Waals surface area (Å²) >= 11 is 10.4. The highest BCUT2D eigenvalue weighted by Crippen LogP contribution is 2.04. The van der Waals surface area contributed by atoms with Crippen LogP contribution in [0.5, 0.6) is 0 Å². The van der Waals surface area contributed by atoms with Gasteiger partial charge < -0.3 is 5.73 Å². The van der Waals surface area contributed by atoms with Crippen LogP contribution in [0.1, 0.15) is 6.92 Å². The third kappa shape index (κ3) is 2.36. The molecule has 3 heteroatoms. The number of hydrogen-bond donors (Lipinski definition) is 1. The summed E-state index contributed by atoms with van der Waals surface area (Å²) < 4.78 is 0. The fourth-order valence-electron chi connectivity index (χ4n) is 0. The smallest absolute Gasteiger partial charge is 0.114 e. The summed E-state index contributed by atoms with van der Waals surface area (Å²) in [5, 5.41) is 0.605. The molecule has 0 aromatic carbocycles. The summed E-state index contributed by atoms with van der Waals surface area (Å²) in [7, 11) is 0. The van der Waals surface area contributed by atoms with E-state index in [1.54, 1.807) is 6.92 Å². The lowest BCUT2D eigenvalue weighted by Crippen LogP contribution is -1.86. The van der Waals surface area contributed by atoms with Crippen LogP contribution in [-0.4, -0.2) is 0 Å². The molecule has 0 aromatic rings. The molecule has 36 valence electrons. The van der Waals surface area contributed by atoms with Crippen molar-refractivity contribution < 1.29 is 0 Å². The molecule has 0 heterocycles. The molecule has 0 bridgehead atoms. The first-order valence-electron chi connectivity index (χ1n) is 1.42. The molecular weight excluding hydrogens is 121 g/mol. The quantitative estimate of drug-likeness (QED) is 0.490. The van der Waals surface area contributed by atoms with Crippen LogP contribution in [0.4, 0.5) is 0 Å². The second-order valence-electron chi connectivity index (χ2n) is 0.881. The first-order valence-corrected chi connectivity index (χ1v) is 2.17. The normalized spacial score (nSPS) is 13.8. The van der Waals surface area contributed by atoms with Crippen molar-refractivity contribution in [3.63, 3.8) is 0 Å². The monoisotopic (exact) mass is 125 g/mol. The minimum absolute atomic E-state index is 0.164. The van der Waals surface area contributed by atoms with Crippen LogP contribution < -0.4 is 5.73 Å². The van der Waals surface area contributed by atoms with Crippen molar-refractivity contribution in [2.24, 2.45) is 5.73 Å². The lowest BCUT2D eigenvalue weighted by molar-refractivity contribution is 1.46. The predicted octanol–water partition coefficient (Wildman–Crippen LogP) is 1.61. The van der Waals surface area contributed by atoms with Gasteiger partial charge in [0.2, 0.25) is 0 Å². The number of nitrogens with two attached hydrogens (primary N) is 1. The Kier molecular flexibility index (Phi) is 2.37. The molecule has 0 amide bonds. The van der Waals surface area contributed by atoms with Gasteiger partial charge in [-0.05, 0) is 6.92 Å². The molecule has 0 aromatic heterocycles. The van der Waals surface area contributed by atoms with Crippen LogP contribution in [0.15, 0.2) is 10.2 Å². The molecule has 2 N–H and O–H groups in total. The van der Waals surface area contributed by atoms with E-state index in [1.807, 2.05) is 0 Å². The molecule has 0 saturated heterocycles. The van der Waals surface area contributed by atoms with E-state index in [0.29, 0.717) is 5.03 Å². The second-order valence-corrected chi connectivity index (χ2v) is 1.86. The van der Waals surface area contributed by atoms with Crippen LogP contribution in [0.2, 0.25) is 0 Å². The first kappa shape index (κ1) is 6.12. The van der Waals surface area contributed by atoms with Crippen molar-refractivity contribution in [1.29, 1.82) is 0 Å². The third-order valence-electron chi connectivity index (χ3n) is 0.329. The van der Waals surface area contributed by atoms with Gasteiger partial charge in [-0.2, -0.15) is 0 Å². The number of halogens is 2. The van der Waals surface area contributed by atoms with Crippen molar-refractivity contribution in [2.75, 3.05) is 0 Å². The van der Waals surface area contributed by atoms with Crippen molar-refractivity contribution in [2.45, 2.75) is 6.92 Å². The van der Waals surface area contributed by atoms with E-state index in [4.69, 9.17) is 28.9 Å². The summed E-state index contributed by atoms with van der Waals surface area (Å²) in [4.78, 5) is 0. The highest BCUT2D eigenvalue weighted by molar-refractivity contribution is 6.38. The summed E-state index contributed by atoms with van der Waals surface area (Å²) in [6, 6.07) is 0. The van der Waals surface area contributed by atoms with Gasteiger partial charge in [-0.1, -0.05) is 23.2 Å². The van der Waals surface area contributed by atoms with E-state index >= 15 is 0 Å². The van der Waals surface area contributed by atoms with Crippen molar-refractivity contribution >= 4 is 23.2 Å². The molecule has 0 spiro atoms. The Morgan fingerprint density at radius 3 is 1.67 bits per heavy atom. The Morgan fingerprint density at radius 2 is 1.67 bits per heavy atom. The van der Waals surface area contributed by atoms with Crippen LogP contribution >= 0.6 is 23.2 Å². The largest absolute Gasteiger partial charge is 0.389 e. The number of allylic oxidation sites excluding steroid dienone is 1. The maximum atomic E-state index is 5.24. The van der Waals surface area contributed by atoms with Crippen molar-refractivity contribution in [3.8, 4) is 0 Å². The van der Waals surface area contributed by atoms with E-state index in [9.17, 15) is 0 Å². The molecule has 1 nitrogen and oxygen atoms in total. The standard InChI is InChI=1S/C3H5Cl2N/c1-2(4)3(5)6/h6H2,1H3. The molecule has 0 unspecified atom stereocenters. The van der Waals surface area contributed by atoms with Gasteiger partial charge in [0.1, 0.15) is 5.16 Å². The van der Waals surface area contributed by atoms with Gasteiger partial charge in [0.05, 0.1) is 0 Å². The van der Waals surface area contributed by atoms with Gasteiger partial charge in [-0.15, -0.1) is 0 Å². The average Bonchev–Trinajstić information content (AvgIpc) is 1.36. The van der Waals surface area contributed by atoms with E-state index < -0.39 is 0 Å². The topological polar surface area (TPSA) is 26.0 Å². The summed E-state index contributed by atoms with van der Waals surface area (Å²) in [5.74, 6) is 0. The van der Waals surface area contributed by atoms with Crippen LogP contribution in [-0.2, 0) is 0 Å². The Bertz CT molecular complexity index is 58.9. The molecule has 0 radical (unpaired) electrons. The van der Waals surface area contributed by atoms with Crippen LogP contribution in [0.3, 0.4) is 0 Å². The van der Waals surface area contributed by atoms with Gasteiger partial charge in [0.15, 0.2) is 0 Å². The Labute approximate surface area is 46.7 Å². The van der Waals surface area contributed by atoms with Gasteiger partial charge in [0.25, 0.3) is 0 Å². The minimum Gasteiger partial charge on any atom is -0.389 e. The summed E-state index contributed by atoms with van der Waals surface area (Å²) in [6.07, 6.45) is 0. The number of hydrogen-bond acceptors (Lipinski definition) is 1.